The van der Waals surface area contributed by atoms with Gasteiger partial charge in [0, 0.05) is 30.8 Å². The summed E-state index contributed by atoms with van der Waals surface area (Å²) >= 11 is 7.18. The van der Waals surface area contributed by atoms with E-state index in [4.69, 9.17) is 40.0 Å². The summed E-state index contributed by atoms with van der Waals surface area (Å²) in [5.41, 5.74) is 4.51. The second-order valence-corrected chi connectivity index (χ2v) is 18.9. The number of hydrazine groups is 1. The number of thiophene rings is 1. The Bertz CT molecular complexity index is 2740. The number of hydrogen-bond donors (Lipinski definition) is 1. The van der Waals surface area contributed by atoms with Crippen molar-refractivity contribution in [1.82, 2.24) is 10.4 Å². The Morgan fingerprint density at radius 1 is 0.606 bits per heavy atom. The first-order valence-corrected chi connectivity index (χ1v) is 24.4. The van der Waals surface area contributed by atoms with Crippen molar-refractivity contribution in [3.63, 3.8) is 0 Å². The van der Waals surface area contributed by atoms with Crippen LogP contribution in [0.5, 0.6) is 28.7 Å². The molecule has 2 aliphatic rings. The number of esters is 4. The van der Waals surface area contributed by atoms with Gasteiger partial charge < -0.3 is 28.4 Å². The van der Waals surface area contributed by atoms with E-state index in [1.165, 1.54) is 68.8 Å². The van der Waals surface area contributed by atoms with Crippen LogP contribution in [0.4, 0.5) is 0 Å². The highest BCUT2D eigenvalue weighted by atomic mass is 35.5. The Hall–Kier alpha value is -7.14. The van der Waals surface area contributed by atoms with Crippen molar-refractivity contribution < 1.29 is 62.0 Å². The fraction of sp³-hybridized carbons (Fsp3) is 0.315. The molecular weight excluding hydrogens is 952 g/mol. The molecule has 2 saturated carbocycles. The predicted octanol–water partition coefficient (Wildman–Crippen LogP) is 9.55. The smallest absolute Gasteiger partial charge is 0.314 e. The van der Waals surface area contributed by atoms with Crippen molar-refractivity contribution in [3.05, 3.63) is 141 Å². The number of halogens is 1. The zero-order valence-corrected chi connectivity index (χ0v) is 41.0. The predicted molar refractivity (Wildman–Crippen MR) is 264 cm³/mol. The maximum atomic E-state index is 13.6. The molecule has 2 fully saturated rings. The van der Waals surface area contributed by atoms with Crippen LogP contribution in [0.2, 0.25) is 4.34 Å². The number of hydrogen-bond acceptors (Lipinski definition) is 14. The zero-order chi connectivity index (χ0) is 50.4. The monoisotopic (exact) mass is 1000 g/mol. The van der Waals surface area contributed by atoms with Crippen molar-refractivity contribution in [3.8, 4) is 28.7 Å². The van der Waals surface area contributed by atoms with E-state index in [9.17, 15) is 33.6 Å². The molecule has 0 bridgehead atoms. The molecular formula is C54H53ClN2O13S. The quantitative estimate of drug-likeness (QED) is 0.0305. The van der Waals surface area contributed by atoms with Gasteiger partial charge in [-0.05, 0) is 166 Å². The fourth-order valence-corrected chi connectivity index (χ4v) is 9.20. The SMILES string of the molecule is COCCc1ccc(OC(=O)C2CCC(C(=O)Oc3ccc(OC(=O)C4CCC(C(=O)Oc5ccc(C(=O)N(C)NC(=O)c6ccc(OC)cc6)cc5)CC4)c(/C=C/C(=O)c4ccc(Cl)s4)c3)CC2)cc1. The normalized spacial score (nSPS) is 17.6. The van der Waals surface area contributed by atoms with Gasteiger partial charge >= 0.3 is 23.9 Å². The highest BCUT2D eigenvalue weighted by molar-refractivity contribution is 7.18. The minimum absolute atomic E-state index is 0.140. The third-order valence-electron chi connectivity index (χ3n) is 12.4. The van der Waals surface area contributed by atoms with Crippen LogP contribution in [0.1, 0.15) is 92.9 Å². The van der Waals surface area contributed by atoms with E-state index in [1.807, 2.05) is 12.1 Å². The number of ether oxygens (including phenoxy) is 6. The highest BCUT2D eigenvalue weighted by Gasteiger charge is 2.34. The fourth-order valence-electron chi connectivity index (χ4n) is 8.24. The molecule has 0 radical (unpaired) electrons. The molecule has 0 unspecified atom stereocenters. The average Bonchev–Trinajstić information content (AvgIpc) is 3.84. The minimum Gasteiger partial charge on any atom is -0.497 e. The van der Waals surface area contributed by atoms with E-state index in [0.717, 1.165) is 28.3 Å². The first-order chi connectivity index (χ1) is 34.3. The van der Waals surface area contributed by atoms with Crippen molar-refractivity contribution in [2.45, 2.75) is 57.8 Å². The molecule has 15 nitrogen and oxygen atoms in total. The molecule has 1 N–H and O–H groups in total. The van der Waals surface area contributed by atoms with Gasteiger partial charge in [0.1, 0.15) is 28.7 Å². The molecule has 0 atom stereocenters. The van der Waals surface area contributed by atoms with Crippen molar-refractivity contribution in [2.24, 2.45) is 23.7 Å². The van der Waals surface area contributed by atoms with Gasteiger partial charge in [0.2, 0.25) is 0 Å². The molecule has 1 heterocycles. The van der Waals surface area contributed by atoms with Crippen LogP contribution in [0, 0.1) is 23.7 Å². The number of amides is 2. The van der Waals surface area contributed by atoms with E-state index in [0.29, 0.717) is 89.8 Å². The molecule has 2 amide bonds. The number of nitrogens with zero attached hydrogens (tertiary/aromatic N) is 1. The maximum absolute atomic E-state index is 13.6. The van der Waals surface area contributed by atoms with Crippen molar-refractivity contribution in [1.29, 1.82) is 0 Å². The molecule has 7 rings (SSSR count). The summed E-state index contributed by atoms with van der Waals surface area (Å²) in [6, 6.07) is 27.5. The molecule has 71 heavy (non-hydrogen) atoms. The zero-order valence-electron chi connectivity index (χ0n) is 39.4. The average molecular weight is 1010 g/mol. The molecule has 2 aliphatic carbocycles. The van der Waals surface area contributed by atoms with E-state index < -0.39 is 47.5 Å². The lowest BCUT2D eigenvalue weighted by atomic mass is 9.82. The van der Waals surface area contributed by atoms with Crippen molar-refractivity contribution >= 4 is 70.5 Å². The first kappa shape index (κ1) is 51.7. The Kier molecular flexibility index (Phi) is 17.9. The summed E-state index contributed by atoms with van der Waals surface area (Å²) in [6.45, 7) is 0.593. The number of carbonyl (C=O) groups is 7. The van der Waals surface area contributed by atoms with E-state index in [2.05, 4.69) is 5.43 Å². The molecule has 0 saturated heterocycles. The van der Waals surface area contributed by atoms with Crippen LogP contribution < -0.4 is 29.1 Å². The standard InChI is InChI=1S/C54H53ClN2O13S/c1-57(56-49(59)34-14-21-41(66-3)22-15-34)50(60)35-16-23-43(24-17-35)68-52(62)37-10-12-39(13-11-37)54(64)70-46-27-25-44(32-40(46)18-26-45(58)47-28-29-48(55)71-47)69-53(63)38-8-6-36(7-9-38)51(61)67-42-19-4-33(5-20-42)30-31-65-2/h4-5,14-29,32,36-39H,6-13,30-31H2,1-3H3,(H,56,59)/b26-18+. The maximum Gasteiger partial charge on any atom is 0.314 e. The van der Waals surface area contributed by atoms with Gasteiger partial charge in [0.15, 0.2) is 5.78 Å². The number of rotatable bonds is 17. The first-order valence-electron chi connectivity index (χ1n) is 23.2. The van der Waals surface area contributed by atoms with Gasteiger partial charge in [-0.15, -0.1) is 11.3 Å². The van der Waals surface area contributed by atoms with E-state index >= 15 is 0 Å². The van der Waals surface area contributed by atoms with Gasteiger partial charge in [-0.2, -0.15) is 0 Å². The summed E-state index contributed by atoms with van der Waals surface area (Å²) in [5.74, 6) is -3.32. The summed E-state index contributed by atoms with van der Waals surface area (Å²) in [4.78, 5) is 92.3. The Morgan fingerprint density at radius 3 is 1.59 bits per heavy atom. The third-order valence-corrected chi connectivity index (χ3v) is 13.7. The molecule has 0 spiro atoms. The van der Waals surface area contributed by atoms with Gasteiger partial charge in [-0.3, -0.25) is 44.0 Å². The molecule has 5 aromatic rings. The number of carbonyl (C=O) groups excluding carboxylic acids is 7. The summed E-state index contributed by atoms with van der Waals surface area (Å²) in [5, 5.41) is 1.06. The third kappa shape index (κ3) is 14.2. The summed E-state index contributed by atoms with van der Waals surface area (Å²) in [7, 11) is 4.58. The Morgan fingerprint density at radius 2 is 1.08 bits per heavy atom. The minimum atomic E-state index is -0.533. The lowest BCUT2D eigenvalue weighted by molar-refractivity contribution is -0.145. The number of benzene rings is 4. The highest BCUT2D eigenvalue weighted by Crippen LogP contribution is 2.35. The topological polar surface area (TPSA) is 190 Å². The van der Waals surface area contributed by atoms with Crippen LogP contribution >= 0.6 is 22.9 Å². The number of allylic oxidation sites excluding steroid dienone is 1. The lowest BCUT2D eigenvalue weighted by Gasteiger charge is -2.26. The van der Waals surface area contributed by atoms with Crippen LogP contribution in [-0.2, 0) is 30.3 Å². The summed E-state index contributed by atoms with van der Waals surface area (Å²) in [6.07, 6.45) is 6.75. The number of ketones is 1. The van der Waals surface area contributed by atoms with Gasteiger partial charge in [-0.1, -0.05) is 23.7 Å². The van der Waals surface area contributed by atoms with Crippen molar-refractivity contribution in [2.75, 3.05) is 27.9 Å². The second kappa shape index (κ2) is 24.6. The van der Waals surface area contributed by atoms with Gasteiger partial charge in [-0.25, -0.2) is 0 Å². The van der Waals surface area contributed by atoms with Gasteiger partial charge in [0.05, 0.1) is 46.6 Å². The molecule has 0 aliphatic heterocycles. The van der Waals surface area contributed by atoms with Gasteiger partial charge in [0.25, 0.3) is 11.8 Å². The molecule has 370 valence electrons. The number of nitrogens with one attached hydrogen (secondary N) is 1. The van der Waals surface area contributed by atoms with Crippen LogP contribution in [0.25, 0.3) is 6.08 Å². The van der Waals surface area contributed by atoms with Crippen LogP contribution in [0.3, 0.4) is 0 Å². The van der Waals surface area contributed by atoms with E-state index in [1.54, 1.807) is 55.6 Å². The Balaban J connectivity index is 0.905. The van der Waals surface area contributed by atoms with Crippen LogP contribution in [0.15, 0.2) is 109 Å². The molecule has 4 aromatic carbocycles. The summed E-state index contributed by atoms with van der Waals surface area (Å²) < 4.78 is 33.7. The van der Waals surface area contributed by atoms with E-state index in [-0.39, 0.29) is 40.5 Å². The number of methoxy groups -OCH3 is 2. The molecule has 17 heteroatoms. The largest absolute Gasteiger partial charge is 0.497 e. The molecule has 1 aromatic heterocycles. The lowest BCUT2D eigenvalue weighted by Crippen LogP contribution is -2.43. The Labute approximate surface area is 419 Å². The second-order valence-electron chi connectivity index (χ2n) is 17.2. The van der Waals surface area contributed by atoms with Crippen LogP contribution in [-0.4, -0.2) is 74.4 Å².